The van der Waals surface area contributed by atoms with Crippen LogP contribution >= 0.6 is 0 Å². The Morgan fingerprint density at radius 2 is 1.85 bits per heavy atom. The minimum Gasteiger partial charge on any atom is -0.507 e. The molecule has 14 nitrogen and oxygen atoms in total. The van der Waals surface area contributed by atoms with Gasteiger partial charge < -0.3 is 38.4 Å². The number of aromatic nitrogens is 4. The van der Waals surface area contributed by atoms with Gasteiger partial charge in [-0.3, -0.25) is 14.4 Å². The molecule has 3 saturated carbocycles. The van der Waals surface area contributed by atoms with Gasteiger partial charge in [0.15, 0.2) is 17.5 Å². The molecule has 0 unspecified atom stereocenters. The van der Waals surface area contributed by atoms with Gasteiger partial charge in [-0.1, -0.05) is 6.92 Å². The van der Waals surface area contributed by atoms with Crippen LogP contribution in [0.5, 0.6) is 11.6 Å². The van der Waals surface area contributed by atoms with E-state index < -0.39 is 28.8 Å². The first-order valence-electron chi connectivity index (χ1n) is 16.9. The number of rotatable bonds is 9. The van der Waals surface area contributed by atoms with Gasteiger partial charge in [-0.05, 0) is 43.9 Å². The number of ether oxygens (including phenoxy) is 1. The minimum absolute atomic E-state index is 0.0128. The number of hydrogen-bond acceptors (Lipinski definition) is 11. The number of carbonyl (C=O) groups excluding carboxylic acids is 2. The Morgan fingerprint density at radius 1 is 1.10 bits per heavy atom. The number of anilines is 1. The molecule has 9 rings (SSSR count). The van der Waals surface area contributed by atoms with Crippen molar-refractivity contribution in [2.24, 2.45) is 10.8 Å². The van der Waals surface area contributed by atoms with Gasteiger partial charge in [0.25, 0.3) is 5.91 Å². The number of nitrogens with zero attached hydrogens (tertiary/aromatic N) is 6. The Kier molecular flexibility index (Phi) is 7.73. The standard InChI is InChI=1S/C35H34F3N7O7/c1-3-21-26(43-10-12-44(13-11-43)30(48)24-22(46)5-4-20-28(24)51-18-41-20)27(47)25-31(52-29(42-25)19-6-7-39-23(14-19)50-2)45(21)9-8-40-32(49)33-15-34(16-33,17-33)35(36,37)38/h4-7,14,18,46H,3,8-13,15-17H2,1-2H3,(H,40,49). The van der Waals surface area contributed by atoms with Crippen LogP contribution in [0.1, 0.15) is 42.2 Å². The number of hydrogen-bond donors (Lipinski definition) is 2. The van der Waals surface area contributed by atoms with E-state index in [4.69, 9.17) is 13.6 Å². The highest BCUT2D eigenvalue weighted by Gasteiger charge is 2.80. The van der Waals surface area contributed by atoms with Crippen LogP contribution in [0.15, 0.2) is 50.5 Å². The number of pyridine rings is 2. The second-order valence-electron chi connectivity index (χ2n) is 13.7. The third-order valence-electron chi connectivity index (χ3n) is 10.7. The lowest BCUT2D eigenvalue weighted by molar-refractivity contribution is -0.351. The van der Waals surface area contributed by atoms with E-state index in [9.17, 15) is 32.7 Å². The van der Waals surface area contributed by atoms with Gasteiger partial charge in [0, 0.05) is 62.8 Å². The van der Waals surface area contributed by atoms with E-state index in [-0.39, 0.29) is 98.0 Å². The van der Waals surface area contributed by atoms with Crippen LogP contribution in [0.25, 0.3) is 33.8 Å². The Bertz CT molecular complexity index is 2290. The molecule has 5 aromatic rings. The fourth-order valence-corrected chi connectivity index (χ4v) is 8.05. The van der Waals surface area contributed by atoms with Crippen LogP contribution in [-0.2, 0) is 17.8 Å². The third-order valence-corrected chi connectivity index (χ3v) is 10.7. The molecule has 4 aliphatic rings. The Hall–Kier alpha value is -5.61. The summed E-state index contributed by atoms with van der Waals surface area (Å²) in [5, 5.41) is 13.4. The molecular weight excluding hydrogens is 687 g/mol. The highest BCUT2D eigenvalue weighted by Crippen LogP contribution is 2.78. The molecule has 1 aliphatic heterocycles. The summed E-state index contributed by atoms with van der Waals surface area (Å²) in [4.78, 5) is 57.2. The molecule has 5 heterocycles. The number of nitrogens with one attached hydrogen (secondary N) is 1. The number of oxazole rings is 2. The Morgan fingerprint density at radius 3 is 2.54 bits per heavy atom. The smallest absolute Gasteiger partial charge is 0.394 e. The van der Waals surface area contributed by atoms with Crippen LogP contribution < -0.4 is 20.4 Å². The summed E-state index contributed by atoms with van der Waals surface area (Å²) in [7, 11) is 1.47. The SMILES string of the molecule is CCc1c(N2CCN(C(=O)c3c(O)ccc4ncoc34)CC2)c(=O)c2nc(-c3ccnc(OC)c3)oc2n1CCNC(=O)C12CC(C(F)(F)F)(C1)C2. The maximum atomic E-state index is 14.3. The summed E-state index contributed by atoms with van der Waals surface area (Å²) in [5.41, 5.74) is -0.776. The summed E-state index contributed by atoms with van der Waals surface area (Å²) in [5.74, 6) is -0.614. The molecule has 4 fully saturated rings. The molecule has 1 saturated heterocycles. The molecule has 0 spiro atoms. The molecule has 2 amide bonds. The van der Waals surface area contributed by atoms with E-state index in [0.29, 0.717) is 34.8 Å². The van der Waals surface area contributed by atoms with Crippen LogP contribution in [0, 0.1) is 10.8 Å². The predicted molar refractivity (Wildman–Crippen MR) is 179 cm³/mol. The van der Waals surface area contributed by atoms with Gasteiger partial charge in [-0.25, -0.2) is 15.0 Å². The molecule has 272 valence electrons. The molecule has 17 heteroatoms. The fraction of sp³-hybridized carbons (Fsp3) is 0.429. The molecule has 1 aromatic carbocycles. The largest absolute Gasteiger partial charge is 0.507 e. The fourth-order valence-electron chi connectivity index (χ4n) is 8.05. The molecule has 52 heavy (non-hydrogen) atoms. The number of piperazine rings is 1. The normalized spacial score (nSPS) is 21.2. The predicted octanol–water partition coefficient (Wildman–Crippen LogP) is 4.28. The Balaban J connectivity index is 1.09. The maximum absolute atomic E-state index is 14.3. The van der Waals surface area contributed by atoms with Crippen molar-refractivity contribution in [3.63, 3.8) is 0 Å². The van der Waals surface area contributed by atoms with Crippen molar-refractivity contribution in [3.8, 4) is 23.1 Å². The maximum Gasteiger partial charge on any atom is 0.394 e. The molecule has 4 aromatic heterocycles. The second kappa shape index (κ2) is 12.0. The number of aromatic hydroxyl groups is 1. The summed E-state index contributed by atoms with van der Waals surface area (Å²) in [6, 6.07) is 6.23. The van der Waals surface area contributed by atoms with Crippen molar-refractivity contribution < 1.29 is 41.4 Å². The van der Waals surface area contributed by atoms with E-state index in [0.717, 1.165) is 0 Å². The number of benzene rings is 1. The monoisotopic (exact) mass is 721 g/mol. The lowest BCUT2D eigenvalue weighted by atomic mass is 9.34. The molecule has 0 atom stereocenters. The second-order valence-corrected chi connectivity index (χ2v) is 13.7. The highest BCUT2D eigenvalue weighted by atomic mass is 19.4. The van der Waals surface area contributed by atoms with Crippen molar-refractivity contribution in [3.05, 3.63) is 58.3 Å². The summed E-state index contributed by atoms with van der Waals surface area (Å²) < 4.78 is 58.9. The van der Waals surface area contributed by atoms with E-state index in [1.807, 2.05) is 11.8 Å². The van der Waals surface area contributed by atoms with Gasteiger partial charge in [0.1, 0.15) is 22.5 Å². The number of halogens is 3. The van der Waals surface area contributed by atoms with Gasteiger partial charge in [0.2, 0.25) is 28.8 Å². The van der Waals surface area contributed by atoms with Crippen LogP contribution in [0.2, 0.25) is 0 Å². The summed E-state index contributed by atoms with van der Waals surface area (Å²) in [6.07, 6.45) is -1.83. The van der Waals surface area contributed by atoms with Crippen molar-refractivity contribution >= 4 is 39.8 Å². The van der Waals surface area contributed by atoms with E-state index >= 15 is 0 Å². The molecule has 3 aliphatic carbocycles. The lowest BCUT2D eigenvalue weighted by Crippen LogP contribution is -2.72. The number of amides is 2. The first-order chi connectivity index (χ1) is 24.9. The van der Waals surface area contributed by atoms with Gasteiger partial charge in [-0.15, -0.1) is 0 Å². The average Bonchev–Trinajstić information content (AvgIpc) is 3.75. The zero-order valence-corrected chi connectivity index (χ0v) is 28.2. The summed E-state index contributed by atoms with van der Waals surface area (Å²) >= 11 is 0. The van der Waals surface area contributed by atoms with E-state index in [2.05, 4.69) is 20.3 Å². The van der Waals surface area contributed by atoms with Gasteiger partial charge >= 0.3 is 6.18 Å². The number of methoxy groups -OCH3 is 1. The highest BCUT2D eigenvalue weighted by molar-refractivity contribution is 6.06. The van der Waals surface area contributed by atoms with Crippen molar-refractivity contribution in [2.75, 3.05) is 44.7 Å². The van der Waals surface area contributed by atoms with Crippen molar-refractivity contribution in [1.29, 1.82) is 0 Å². The Labute approximate surface area is 293 Å². The van der Waals surface area contributed by atoms with Crippen LogP contribution in [0.4, 0.5) is 18.9 Å². The van der Waals surface area contributed by atoms with Gasteiger partial charge in [0.05, 0.1) is 17.9 Å². The number of alkyl halides is 3. The lowest BCUT2D eigenvalue weighted by Gasteiger charge is -2.69. The molecule has 2 N–H and O–H groups in total. The zero-order valence-electron chi connectivity index (χ0n) is 28.2. The van der Waals surface area contributed by atoms with Crippen LogP contribution in [-0.4, -0.2) is 87.3 Å². The number of phenols is 1. The van der Waals surface area contributed by atoms with Crippen molar-refractivity contribution in [2.45, 2.75) is 45.3 Å². The van der Waals surface area contributed by atoms with Crippen LogP contribution in [0.3, 0.4) is 0 Å². The van der Waals surface area contributed by atoms with Crippen molar-refractivity contribution in [1.82, 2.24) is 29.7 Å². The van der Waals surface area contributed by atoms with Gasteiger partial charge in [-0.2, -0.15) is 13.2 Å². The number of carbonyl (C=O) groups is 2. The summed E-state index contributed by atoms with van der Waals surface area (Å²) in [6.45, 7) is 3.10. The quantitative estimate of drug-likeness (QED) is 0.223. The molecule has 0 radical (unpaired) electrons. The average molecular weight is 722 g/mol. The number of phenolic OH excluding ortho intramolecular Hbond substituents is 1. The minimum atomic E-state index is -4.32. The number of fused-ring (bicyclic) bond motifs is 2. The van der Waals surface area contributed by atoms with E-state index in [1.54, 1.807) is 27.7 Å². The van der Waals surface area contributed by atoms with E-state index in [1.165, 1.54) is 25.8 Å². The molecule has 2 bridgehead atoms. The first kappa shape index (κ1) is 33.5. The third kappa shape index (κ3) is 5.07. The topological polar surface area (TPSA) is 169 Å². The zero-order chi connectivity index (χ0) is 36.6. The first-order valence-corrected chi connectivity index (χ1v) is 16.9. The molecular formula is C35H34F3N7O7.